The van der Waals surface area contributed by atoms with Gasteiger partial charge < -0.3 is 10.1 Å². The Hall–Kier alpha value is -2.08. The quantitative estimate of drug-likeness (QED) is 0.900. The molecule has 2 rings (SSSR count). The Balaban J connectivity index is 1.97. The molecule has 2 N–H and O–H groups in total. The monoisotopic (exact) mass is 277 g/mol. The molecular formula is C13H15N3O2S. The molecule has 0 saturated heterocycles. The molecule has 6 heteroatoms. The van der Waals surface area contributed by atoms with Crippen LogP contribution in [-0.4, -0.2) is 18.2 Å². The van der Waals surface area contributed by atoms with Gasteiger partial charge in [0.2, 0.25) is 0 Å². The van der Waals surface area contributed by atoms with Gasteiger partial charge in [0.15, 0.2) is 0 Å². The van der Waals surface area contributed by atoms with Crippen molar-refractivity contribution in [3.63, 3.8) is 0 Å². The highest BCUT2D eigenvalue weighted by molar-refractivity contribution is 7.11. The maximum absolute atomic E-state index is 11.1. The number of aromatic nitrogens is 1. The molecule has 0 unspecified atom stereocenters. The minimum atomic E-state index is -0.477. The number of thiazole rings is 1. The Labute approximate surface area is 115 Å². The van der Waals surface area contributed by atoms with Crippen molar-refractivity contribution in [2.75, 3.05) is 17.7 Å². The fraction of sp³-hybridized carbons (Fsp3) is 0.231. The van der Waals surface area contributed by atoms with Gasteiger partial charge in [0, 0.05) is 22.4 Å². The summed E-state index contributed by atoms with van der Waals surface area (Å²) < 4.78 is 4.55. The molecule has 1 aromatic heterocycles. The average molecular weight is 277 g/mol. The number of nitrogens with one attached hydrogen (secondary N) is 2. The minimum Gasteiger partial charge on any atom is -0.453 e. The smallest absolute Gasteiger partial charge is 0.411 e. The van der Waals surface area contributed by atoms with Crippen LogP contribution in [0.4, 0.5) is 16.2 Å². The third-order valence-corrected chi connectivity index (χ3v) is 3.34. The number of benzene rings is 1. The fourth-order valence-electron chi connectivity index (χ4n) is 1.55. The molecule has 0 fully saturated rings. The van der Waals surface area contributed by atoms with Crippen molar-refractivity contribution in [2.24, 2.45) is 0 Å². The molecule has 1 aromatic carbocycles. The summed E-state index contributed by atoms with van der Waals surface area (Å²) in [7, 11) is 1.34. The number of nitrogens with zero attached hydrogens (tertiary/aromatic N) is 1. The highest BCUT2D eigenvalue weighted by atomic mass is 32.1. The Morgan fingerprint density at radius 1 is 1.42 bits per heavy atom. The van der Waals surface area contributed by atoms with E-state index < -0.39 is 6.09 Å². The van der Waals surface area contributed by atoms with Crippen molar-refractivity contribution in [3.8, 4) is 0 Å². The predicted molar refractivity (Wildman–Crippen MR) is 76.6 cm³/mol. The van der Waals surface area contributed by atoms with Gasteiger partial charge >= 0.3 is 6.09 Å². The summed E-state index contributed by atoms with van der Waals surface area (Å²) in [4.78, 5) is 16.5. The van der Waals surface area contributed by atoms with Gasteiger partial charge in [-0.2, -0.15) is 0 Å². The molecule has 0 atom stereocenters. The second-order valence-electron chi connectivity index (χ2n) is 3.90. The van der Waals surface area contributed by atoms with Crippen molar-refractivity contribution in [1.82, 2.24) is 4.98 Å². The minimum absolute atomic E-state index is 0.477. The van der Waals surface area contributed by atoms with E-state index in [-0.39, 0.29) is 0 Å². The Morgan fingerprint density at radius 3 is 2.89 bits per heavy atom. The van der Waals surface area contributed by atoms with Crippen LogP contribution in [0.1, 0.15) is 9.88 Å². The zero-order valence-corrected chi connectivity index (χ0v) is 11.6. The SMILES string of the molecule is COC(=O)Nc1cccc(NCc2cnc(C)s2)c1. The number of rotatable bonds is 4. The number of methoxy groups -OCH3 is 1. The zero-order chi connectivity index (χ0) is 13.7. The van der Waals surface area contributed by atoms with Crippen LogP contribution in [-0.2, 0) is 11.3 Å². The normalized spacial score (nSPS) is 10.0. The zero-order valence-electron chi connectivity index (χ0n) is 10.8. The third kappa shape index (κ3) is 3.96. The van der Waals surface area contributed by atoms with Crippen LogP contribution < -0.4 is 10.6 Å². The molecule has 0 bridgehead atoms. The number of hydrogen-bond donors (Lipinski definition) is 2. The number of hydrogen-bond acceptors (Lipinski definition) is 5. The van der Waals surface area contributed by atoms with E-state index in [0.717, 1.165) is 10.7 Å². The van der Waals surface area contributed by atoms with Gasteiger partial charge in [-0.15, -0.1) is 11.3 Å². The first-order valence-electron chi connectivity index (χ1n) is 5.77. The topological polar surface area (TPSA) is 63.2 Å². The third-order valence-electron chi connectivity index (χ3n) is 2.43. The van der Waals surface area contributed by atoms with Crippen molar-refractivity contribution >= 4 is 28.8 Å². The summed E-state index contributed by atoms with van der Waals surface area (Å²) in [6, 6.07) is 7.46. The summed E-state index contributed by atoms with van der Waals surface area (Å²) >= 11 is 1.66. The van der Waals surface area contributed by atoms with E-state index >= 15 is 0 Å². The van der Waals surface area contributed by atoms with Gasteiger partial charge in [0.25, 0.3) is 0 Å². The van der Waals surface area contributed by atoms with Crippen LogP contribution in [0.2, 0.25) is 0 Å². The van der Waals surface area contributed by atoms with Crippen LogP contribution in [0.15, 0.2) is 30.5 Å². The maximum Gasteiger partial charge on any atom is 0.411 e. The number of aryl methyl sites for hydroxylation is 1. The van der Waals surface area contributed by atoms with Gasteiger partial charge in [0.1, 0.15) is 0 Å². The molecule has 1 amide bonds. The predicted octanol–water partition coefficient (Wildman–Crippen LogP) is 3.24. The Morgan fingerprint density at radius 2 is 2.21 bits per heavy atom. The highest BCUT2D eigenvalue weighted by Crippen LogP contribution is 2.18. The molecule has 2 aromatic rings. The van der Waals surface area contributed by atoms with Crippen LogP contribution in [0.25, 0.3) is 0 Å². The lowest BCUT2D eigenvalue weighted by atomic mass is 10.2. The van der Waals surface area contributed by atoms with Gasteiger partial charge in [0.05, 0.1) is 18.7 Å². The van der Waals surface area contributed by atoms with Gasteiger partial charge in [-0.3, -0.25) is 5.32 Å². The van der Waals surface area contributed by atoms with Crippen LogP contribution in [0.3, 0.4) is 0 Å². The molecular weight excluding hydrogens is 262 g/mol. The lowest BCUT2D eigenvalue weighted by Gasteiger charge is -2.08. The second-order valence-corrected chi connectivity index (χ2v) is 5.22. The van der Waals surface area contributed by atoms with Crippen LogP contribution >= 0.6 is 11.3 Å². The van der Waals surface area contributed by atoms with Crippen LogP contribution in [0, 0.1) is 6.92 Å². The fourth-order valence-corrected chi connectivity index (χ4v) is 2.29. The van der Waals surface area contributed by atoms with E-state index in [2.05, 4.69) is 20.4 Å². The summed E-state index contributed by atoms with van der Waals surface area (Å²) in [6.07, 6.45) is 1.39. The first-order valence-corrected chi connectivity index (χ1v) is 6.59. The number of anilines is 2. The van der Waals surface area contributed by atoms with Crippen molar-refractivity contribution in [3.05, 3.63) is 40.3 Å². The highest BCUT2D eigenvalue weighted by Gasteiger charge is 2.02. The summed E-state index contributed by atoms with van der Waals surface area (Å²) in [5.41, 5.74) is 1.62. The lowest BCUT2D eigenvalue weighted by Crippen LogP contribution is -2.11. The maximum atomic E-state index is 11.1. The molecule has 5 nitrogen and oxygen atoms in total. The Kier molecular flexibility index (Phi) is 4.35. The summed E-state index contributed by atoms with van der Waals surface area (Å²) in [5.74, 6) is 0. The first kappa shape index (κ1) is 13.4. The van der Waals surface area contributed by atoms with Crippen molar-refractivity contribution < 1.29 is 9.53 Å². The first-order chi connectivity index (χ1) is 9.17. The molecule has 0 radical (unpaired) electrons. The molecule has 0 aliphatic carbocycles. The molecule has 1 heterocycles. The van der Waals surface area contributed by atoms with Crippen molar-refractivity contribution in [1.29, 1.82) is 0 Å². The standard InChI is InChI=1S/C13H15N3O2S/c1-9-14-7-12(19-9)8-15-10-4-3-5-11(6-10)16-13(17)18-2/h3-7,15H,8H2,1-2H3,(H,16,17). The number of carbonyl (C=O) groups excluding carboxylic acids is 1. The molecule has 0 aliphatic rings. The van der Waals surface area contributed by atoms with Crippen molar-refractivity contribution in [2.45, 2.75) is 13.5 Å². The number of ether oxygens (including phenoxy) is 1. The van der Waals surface area contributed by atoms with Gasteiger partial charge in [-0.05, 0) is 25.1 Å². The largest absolute Gasteiger partial charge is 0.453 e. The molecule has 0 spiro atoms. The number of amides is 1. The molecule has 0 aliphatic heterocycles. The van der Waals surface area contributed by atoms with Crippen LogP contribution in [0.5, 0.6) is 0 Å². The van der Waals surface area contributed by atoms with Gasteiger partial charge in [-0.1, -0.05) is 6.07 Å². The summed E-state index contributed by atoms with van der Waals surface area (Å²) in [6.45, 7) is 2.70. The average Bonchev–Trinajstić information content (AvgIpc) is 2.82. The summed E-state index contributed by atoms with van der Waals surface area (Å²) in [5, 5.41) is 6.96. The van der Waals surface area contributed by atoms with Gasteiger partial charge in [-0.25, -0.2) is 9.78 Å². The van der Waals surface area contributed by atoms with E-state index in [1.54, 1.807) is 17.4 Å². The van der Waals surface area contributed by atoms with E-state index in [1.807, 2.05) is 31.3 Å². The second kappa shape index (κ2) is 6.19. The van der Waals surface area contributed by atoms with E-state index in [1.165, 1.54) is 12.0 Å². The molecule has 100 valence electrons. The Bertz CT molecular complexity index is 569. The molecule has 19 heavy (non-hydrogen) atoms. The number of carbonyl (C=O) groups is 1. The molecule has 0 saturated carbocycles. The van der Waals surface area contributed by atoms with E-state index in [9.17, 15) is 4.79 Å². The lowest BCUT2D eigenvalue weighted by molar-refractivity contribution is 0.187. The van der Waals surface area contributed by atoms with E-state index in [0.29, 0.717) is 12.2 Å². The van der Waals surface area contributed by atoms with E-state index in [4.69, 9.17) is 0 Å².